The maximum atomic E-state index is 13.0. The van der Waals surface area contributed by atoms with Gasteiger partial charge in [-0.15, -0.1) is 0 Å². The van der Waals surface area contributed by atoms with Crippen molar-refractivity contribution < 1.29 is 4.79 Å². The number of amides is 1. The maximum Gasteiger partial charge on any atom is 0.272 e. The van der Waals surface area contributed by atoms with Crippen LogP contribution in [0.3, 0.4) is 0 Å². The number of pyridine rings is 1. The molecule has 4 nitrogen and oxygen atoms in total. The Morgan fingerprint density at radius 2 is 2.05 bits per heavy atom. The minimum absolute atomic E-state index is 0.0880. The Balaban J connectivity index is 2.48. The number of unbranched alkanes of at least 4 members (excludes halogenated alkanes) is 1. The first-order valence-corrected chi connectivity index (χ1v) is 8.87. The lowest BCUT2D eigenvalue weighted by atomic mass is 10.2. The minimum atomic E-state index is 0.0880. The lowest BCUT2D eigenvalue weighted by Crippen LogP contribution is -2.33. The third-order valence-electron chi connectivity index (χ3n) is 3.79. The number of rotatable bonds is 7. The van der Waals surface area contributed by atoms with E-state index in [9.17, 15) is 4.79 Å². The normalized spacial score (nSPS) is 11.1. The van der Waals surface area contributed by atoms with Crippen molar-refractivity contribution in [1.82, 2.24) is 14.3 Å². The molecule has 0 aliphatic heterocycles. The van der Waals surface area contributed by atoms with E-state index in [1.807, 2.05) is 34.6 Å². The number of nitrogens with zero attached hydrogens (tertiary/aromatic N) is 3. The molecule has 0 saturated carbocycles. The summed E-state index contributed by atoms with van der Waals surface area (Å²) < 4.78 is 2.87. The van der Waals surface area contributed by atoms with Crippen LogP contribution in [-0.2, 0) is 6.42 Å². The first kappa shape index (κ1) is 17.0. The molecule has 0 atom stereocenters. The fourth-order valence-electron chi connectivity index (χ4n) is 2.61. The van der Waals surface area contributed by atoms with E-state index in [4.69, 9.17) is 0 Å². The average molecular weight is 366 g/mol. The summed E-state index contributed by atoms with van der Waals surface area (Å²) in [7, 11) is 0. The zero-order valence-electron chi connectivity index (χ0n) is 13.6. The zero-order valence-corrected chi connectivity index (χ0v) is 15.2. The van der Waals surface area contributed by atoms with Crippen molar-refractivity contribution in [1.29, 1.82) is 0 Å². The Morgan fingerprint density at radius 3 is 2.68 bits per heavy atom. The monoisotopic (exact) mass is 365 g/mol. The number of hydrogen-bond donors (Lipinski definition) is 0. The fourth-order valence-corrected chi connectivity index (χ4v) is 2.94. The highest BCUT2D eigenvalue weighted by atomic mass is 79.9. The second-order valence-electron chi connectivity index (χ2n) is 5.47. The van der Waals surface area contributed by atoms with Crippen LogP contribution < -0.4 is 0 Å². The molecule has 2 heterocycles. The van der Waals surface area contributed by atoms with E-state index in [1.165, 1.54) is 0 Å². The quantitative estimate of drug-likeness (QED) is 0.732. The average Bonchev–Trinajstić information content (AvgIpc) is 2.85. The van der Waals surface area contributed by atoms with Crippen molar-refractivity contribution in [2.45, 2.75) is 46.5 Å². The van der Waals surface area contributed by atoms with Crippen LogP contribution in [0.1, 0.15) is 56.2 Å². The van der Waals surface area contributed by atoms with Gasteiger partial charge >= 0.3 is 0 Å². The van der Waals surface area contributed by atoms with Crippen molar-refractivity contribution in [3.8, 4) is 0 Å². The molecule has 0 N–H and O–H groups in total. The summed E-state index contributed by atoms with van der Waals surface area (Å²) in [5, 5.41) is 0. The number of carbonyl (C=O) groups is 1. The van der Waals surface area contributed by atoms with Gasteiger partial charge in [0.25, 0.3) is 5.91 Å². The van der Waals surface area contributed by atoms with Crippen LogP contribution in [-0.4, -0.2) is 33.3 Å². The van der Waals surface area contributed by atoms with Crippen molar-refractivity contribution in [2.75, 3.05) is 13.1 Å². The Bertz CT molecular complexity index is 651. The summed E-state index contributed by atoms with van der Waals surface area (Å²) in [6.45, 7) is 7.82. The molecule has 22 heavy (non-hydrogen) atoms. The van der Waals surface area contributed by atoms with Gasteiger partial charge in [0, 0.05) is 23.8 Å². The smallest absolute Gasteiger partial charge is 0.272 e. The van der Waals surface area contributed by atoms with Gasteiger partial charge in [-0.05, 0) is 47.8 Å². The molecule has 2 rings (SSSR count). The molecular weight excluding hydrogens is 342 g/mol. The van der Waals surface area contributed by atoms with Crippen LogP contribution in [0.15, 0.2) is 22.8 Å². The summed E-state index contributed by atoms with van der Waals surface area (Å²) in [4.78, 5) is 19.6. The molecular formula is C17H24BrN3O. The Hall–Kier alpha value is -1.36. The summed E-state index contributed by atoms with van der Waals surface area (Å²) >= 11 is 3.49. The predicted molar refractivity (Wildman–Crippen MR) is 93.4 cm³/mol. The van der Waals surface area contributed by atoms with Gasteiger partial charge in [0.2, 0.25) is 0 Å². The summed E-state index contributed by atoms with van der Waals surface area (Å²) in [5.74, 6) is 0.0880. The molecule has 0 spiro atoms. The van der Waals surface area contributed by atoms with Gasteiger partial charge in [-0.1, -0.05) is 26.7 Å². The molecule has 0 aliphatic rings. The summed E-state index contributed by atoms with van der Waals surface area (Å²) in [6, 6.07) is 3.91. The molecule has 2 aromatic heterocycles. The van der Waals surface area contributed by atoms with Crippen LogP contribution in [0.25, 0.3) is 5.65 Å². The SMILES string of the molecule is CCCCN(CC)C(=O)c1c(CCC)nc2ccc(Br)cn12. The topological polar surface area (TPSA) is 37.6 Å². The lowest BCUT2D eigenvalue weighted by Gasteiger charge is -2.21. The second-order valence-corrected chi connectivity index (χ2v) is 6.39. The van der Waals surface area contributed by atoms with Gasteiger partial charge in [0.15, 0.2) is 0 Å². The predicted octanol–water partition coefficient (Wildman–Crippen LogP) is 4.31. The number of imidazole rings is 1. The standard InChI is InChI=1S/C17H24BrN3O/c1-4-7-11-20(6-3)17(22)16-14(8-5-2)19-15-10-9-13(18)12-21(15)16/h9-10,12H,4-8,11H2,1-3H3. The van der Waals surface area contributed by atoms with E-state index in [1.54, 1.807) is 0 Å². The van der Waals surface area contributed by atoms with Crippen molar-refractivity contribution in [3.63, 3.8) is 0 Å². The lowest BCUT2D eigenvalue weighted by molar-refractivity contribution is 0.0754. The van der Waals surface area contributed by atoms with Gasteiger partial charge in [0.1, 0.15) is 11.3 Å². The Labute approximate surface area is 140 Å². The minimum Gasteiger partial charge on any atom is -0.338 e. The van der Waals surface area contributed by atoms with Gasteiger partial charge in [0.05, 0.1) is 5.69 Å². The largest absolute Gasteiger partial charge is 0.338 e. The molecule has 1 amide bonds. The molecule has 0 aliphatic carbocycles. The highest BCUT2D eigenvalue weighted by Crippen LogP contribution is 2.20. The van der Waals surface area contributed by atoms with Crippen LogP contribution in [0, 0.1) is 0 Å². The molecule has 0 unspecified atom stereocenters. The highest BCUT2D eigenvalue weighted by molar-refractivity contribution is 9.10. The van der Waals surface area contributed by atoms with E-state index in [0.29, 0.717) is 0 Å². The third-order valence-corrected chi connectivity index (χ3v) is 4.26. The Kier molecular flexibility index (Phi) is 6.00. The van der Waals surface area contributed by atoms with E-state index >= 15 is 0 Å². The molecule has 2 aromatic rings. The highest BCUT2D eigenvalue weighted by Gasteiger charge is 2.23. The molecule has 0 radical (unpaired) electrons. The van der Waals surface area contributed by atoms with E-state index in [0.717, 1.165) is 60.3 Å². The van der Waals surface area contributed by atoms with Crippen LogP contribution >= 0.6 is 15.9 Å². The molecule has 0 aromatic carbocycles. The first-order chi connectivity index (χ1) is 10.6. The van der Waals surface area contributed by atoms with Crippen LogP contribution in [0.2, 0.25) is 0 Å². The molecule has 5 heteroatoms. The number of carbonyl (C=O) groups excluding carboxylic acids is 1. The number of halogens is 1. The Morgan fingerprint density at radius 1 is 1.27 bits per heavy atom. The van der Waals surface area contributed by atoms with Gasteiger partial charge in [-0.2, -0.15) is 0 Å². The van der Waals surface area contributed by atoms with Gasteiger partial charge < -0.3 is 4.90 Å². The number of aryl methyl sites for hydroxylation is 1. The van der Waals surface area contributed by atoms with Crippen molar-refractivity contribution in [2.24, 2.45) is 0 Å². The fraction of sp³-hybridized carbons (Fsp3) is 0.529. The summed E-state index contributed by atoms with van der Waals surface area (Å²) in [6.07, 6.45) is 5.86. The second kappa shape index (κ2) is 7.77. The number of hydrogen-bond acceptors (Lipinski definition) is 2. The van der Waals surface area contributed by atoms with Gasteiger partial charge in [-0.3, -0.25) is 9.20 Å². The summed E-state index contributed by atoms with van der Waals surface area (Å²) in [5.41, 5.74) is 2.46. The number of aromatic nitrogens is 2. The van der Waals surface area contributed by atoms with E-state index < -0.39 is 0 Å². The first-order valence-electron chi connectivity index (χ1n) is 8.08. The molecule has 120 valence electrons. The zero-order chi connectivity index (χ0) is 16.1. The van der Waals surface area contributed by atoms with Crippen molar-refractivity contribution >= 4 is 27.5 Å². The van der Waals surface area contributed by atoms with Crippen LogP contribution in [0.4, 0.5) is 0 Å². The van der Waals surface area contributed by atoms with E-state index in [-0.39, 0.29) is 5.91 Å². The molecule has 0 fully saturated rings. The molecule has 0 saturated heterocycles. The van der Waals surface area contributed by atoms with Crippen molar-refractivity contribution in [3.05, 3.63) is 34.2 Å². The molecule has 0 bridgehead atoms. The van der Waals surface area contributed by atoms with Gasteiger partial charge in [-0.25, -0.2) is 4.98 Å². The van der Waals surface area contributed by atoms with Crippen LogP contribution in [0.5, 0.6) is 0 Å². The van der Waals surface area contributed by atoms with E-state index in [2.05, 4.69) is 34.8 Å². The number of fused-ring (bicyclic) bond motifs is 1. The maximum absolute atomic E-state index is 13.0. The third kappa shape index (κ3) is 3.51.